The number of ketones is 1. The first-order valence-electron chi connectivity index (χ1n) is 3.95. The van der Waals surface area contributed by atoms with E-state index in [9.17, 15) is 22.0 Å². The quantitative estimate of drug-likeness (QED) is 0.745. The predicted octanol–water partition coefficient (Wildman–Crippen LogP) is 1.54. The van der Waals surface area contributed by atoms with E-state index >= 15 is 0 Å². The lowest BCUT2D eigenvalue weighted by molar-refractivity contribution is 0.0675. The summed E-state index contributed by atoms with van der Waals surface area (Å²) in [4.78, 5) is 10.6. The number of carbonyl (C=O) groups excluding carboxylic acids is 1. The van der Waals surface area contributed by atoms with Crippen molar-refractivity contribution in [2.24, 2.45) is 0 Å². The van der Waals surface area contributed by atoms with Crippen molar-refractivity contribution in [3.05, 3.63) is 29.8 Å². The van der Waals surface area contributed by atoms with E-state index in [-0.39, 0.29) is 4.90 Å². The van der Waals surface area contributed by atoms with Gasteiger partial charge in [-0.3, -0.25) is 4.79 Å². The van der Waals surface area contributed by atoms with Crippen molar-refractivity contribution in [3.8, 4) is 0 Å². The fourth-order valence-electron chi connectivity index (χ4n) is 1.11. The minimum absolute atomic E-state index is 0.365. The Morgan fingerprint density at radius 3 is 2.27 bits per heavy atom. The normalized spacial score (nSPS) is 11.7. The summed E-state index contributed by atoms with van der Waals surface area (Å²) in [6, 6.07) is 4.92. The fourth-order valence-corrected chi connectivity index (χ4v) is 2.00. The Morgan fingerprint density at radius 2 is 1.80 bits per heavy atom. The predicted molar refractivity (Wildman–Crippen MR) is 49.9 cm³/mol. The molecule has 1 aromatic rings. The van der Waals surface area contributed by atoms with Gasteiger partial charge in [0.25, 0.3) is 0 Å². The van der Waals surface area contributed by atoms with Crippen LogP contribution in [0.5, 0.6) is 0 Å². The van der Waals surface area contributed by atoms with Crippen molar-refractivity contribution >= 4 is 15.6 Å². The molecule has 0 atom stereocenters. The lowest BCUT2D eigenvalue weighted by atomic mass is 10.1. The summed E-state index contributed by atoms with van der Waals surface area (Å²) in [5, 5.41) is 0. The molecule has 1 aromatic carbocycles. The summed E-state index contributed by atoms with van der Waals surface area (Å²) < 4.78 is 46.6. The van der Waals surface area contributed by atoms with E-state index < -0.39 is 27.6 Å². The highest BCUT2D eigenvalue weighted by atomic mass is 32.2. The third-order valence-corrected chi connectivity index (χ3v) is 2.91. The highest BCUT2D eigenvalue weighted by Gasteiger charge is 2.24. The molecule has 0 unspecified atom stereocenters. The second-order valence-electron chi connectivity index (χ2n) is 2.93. The smallest absolute Gasteiger partial charge is 0.288 e. The number of hydrogen-bond donors (Lipinski definition) is 0. The molecule has 0 fully saturated rings. The van der Waals surface area contributed by atoms with Crippen molar-refractivity contribution in [2.75, 3.05) is 6.26 Å². The molecule has 15 heavy (non-hydrogen) atoms. The van der Waals surface area contributed by atoms with Crippen molar-refractivity contribution < 1.29 is 22.0 Å². The van der Waals surface area contributed by atoms with E-state index in [2.05, 4.69) is 0 Å². The Balaban J connectivity index is 3.38. The Morgan fingerprint density at radius 1 is 1.27 bits per heavy atom. The number of sulfone groups is 1. The fraction of sp³-hybridized carbons (Fsp3) is 0.222. The van der Waals surface area contributed by atoms with E-state index in [4.69, 9.17) is 0 Å². The minimum Gasteiger partial charge on any atom is -0.288 e. The van der Waals surface area contributed by atoms with Gasteiger partial charge in [0.2, 0.25) is 5.78 Å². The molecule has 0 saturated heterocycles. The molecule has 0 amide bonds. The molecule has 0 heterocycles. The van der Waals surface area contributed by atoms with Crippen LogP contribution < -0.4 is 0 Å². The van der Waals surface area contributed by atoms with Crippen molar-refractivity contribution in [3.63, 3.8) is 0 Å². The average molecular weight is 234 g/mol. The molecule has 0 aromatic heterocycles. The molecule has 0 radical (unpaired) electrons. The standard InChI is InChI=1S/C9H8F2O3S/c1-15(13,14)7-5-3-2-4-6(7)8(12)9(10)11/h2-5,9H,1H3. The van der Waals surface area contributed by atoms with Crippen LogP contribution in [-0.4, -0.2) is 26.9 Å². The molecule has 0 aliphatic carbocycles. The maximum atomic E-state index is 12.1. The second-order valence-corrected chi connectivity index (χ2v) is 4.92. The number of rotatable bonds is 3. The number of Topliss-reactive ketones (excluding diaryl/α,β-unsaturated/α-hetero) is 1. The van der Waals surface area contributed by atoms with Crippen LogP contribution >= 0.6 is 0 Å². The molecular weight excluding hydrogens is 226 g/mol. The van der Waals surface area contributed by atoms with Gasteiger partial charge >= 0.3 is 6.43 Å². The average Bonchev–Trinajstić information content (AvgIpc) is 2.15. The summed E-state index contributed by atoms with van der Waals surface area (Å²) in [5.74, 6) is -1.48. The van der Waals surface area contributed by atoms with Gasteiger partial charge < -0.3 is 0 Å². The van der Waals surface area contributed by atoms with Crippen LogP contribution in [-0.2, 0) is 9.84 Å². The largest absolute Gasteiger partial charge is 0.300 e. The molecule has 82 valence electrons. The van der Waals surface area contributed by atoms with Crippen LogP contribution in [0.15, 0.2) is 29.2 Å². The first-order valence-corrected chi connectivity index (χ1v) is 5.84. The van der Waals surface area contributed by atoms with E-state index in [1.165, 1.54) is 12.1 Å². The van der Waals surface area contributed by atoms with Gasteiger partial charge in [0.15, 0.2) is 9.84 Å². The van der Waals surface area contributed by atoms with Crippen LogP contribution in [0.1, 0.15) is 10.4 Å². The molecule has 0 aliphatic rings. The van der Waals surface area contributed by atoms with Crippen LogP contribution in [0.25, 0.3) is 0 Å². The van der Waals surface area contributed by atoms with Gasteiger partial charge in [-0.05, 0) is 12.1 Å². The Kier molecular flexibility index (Phi) is 3.18. The molecule has 1 rings (SSSR count). The van der Waals surface area contributed by atoms with Crippen LogP contribution in [0, 0.1) is 0 Å². The van der Waals surface area contributed by atoms with Crippen LogP contribution in [0.2, 0.25) is 0 Å². The van der Waals surface area contributed by atoms with Gasteiger partial charge in [-0.1, -0.05) is 12.1 Å². The van der Waals surface area contributed by atoms with Crippen LogP contribution in [0.4, 0.5) is 8.78 Å². The monoisotopic (exact) mass is 234 g/mol. The summed E-state index contributed by atoms with van der Waals surface area (Å²) in [7, 11) is -3.67. The lowest BCUT2D eigenvalue weighted by Gasteiger charge is -2.05. The van der Waals surface area contributed by atoms with Gasteiger partial charge in [0, 0.05) is 11.8 Å². The van der Waals surface area contributed by atoms with Gasteiger partial charge in [0.05, 0.1) is 4.90 Å². The lowest BCUT2D eigenvalue weighted by Crippen LogP contribution is -2.14. The molecule has 0 bridgehead atoms. The number of carbonyl (C=O) groups is 1. The second kappa shape index (κ2) is 4.06. The molecule has 0 saturated carbocycles. The van der Waals surface area contributed by atoms with Gasteiger partial charge in [-0.2, -0.15) is 0 Å². The minimum atomic E-state index is -3.67. The molecule has 3 nitrogen and oxygen atoms in total. The molecule has 6 heteroatoms. The molecular formula is C9H8F2O3S. The summed E-state index contributed by atoms with van der Waals surface area (Å²) in [5.41, 5.74) is -0.463. The zero-order valence-corrected chi connectivity index (χ0v) is 8.59. The summed E-state index contributed by atoms with van der Waals surface area (Å²) in [6.45, 7) is 0. The zero-order chi connectivity index (χ0) is 11.6. The third kappa shape index (κ3) is 2.59. The van der Waals surface area contributed by atoms with E-state index in [1.54, 1.807) is 0 Å². The number of hydrogen-bond acceptors (Lipinski definition) is 3. The highest BCUT2D eigenvalue weighted by molar-refractivity contribution is 7.90. The van der Waals surface area contributed by atoms with E-state index in [0.29, 0.717) is 0 Å². The summed E-state index contributed by atoms with van der Waals surface area (Å²) in [6.07, 6.45) is -2.34. The SMILES string of the molecule is CS(=O)(=O)c1ccccc1C(=O)C(F)F. The van der Waals surface area contributed by atoms with Crippen molar-refractivity contribution in [1.29, 1.82) is 0 Å². The molecule has 0 aliphatic heterocycles. The Bertz CT molecular complexity index is 480. The molecule has 0 N–H and O–H groups in total. The molecule has 0 spiro atoms. The maximum Gasteiger partial charge on any atom is 0.300 e. The van der Waals surface area contributed by atoms with E-state index in [1.807, 2.05) is 0 Å². The van der Waals surface area contributed by atoms with Crippen LogP contribution in [0.3, 0.4) is 0 Å². The van der Waals surface area contributed by atoms with Crippen molar-refractivity contribution in [1.82, 2.24) is 0 Å². The van der Waals surface area contributed by atoms with Crippen molar-refractivity contribution in [2.45, 2.75) is 11.3 Å². The number of halogens is 2. The first-order chi connectivity index (χ1) is 6.84. The Labute approximate surface area is 85.6 Å². The summed E-state index contributed by atoms with van der Waals surface area (Å²) >= 11 is 0. The number of alkyl halides is 2. The maximum absolute atomic E-state index is 12.1. The van der Waals surface area contributed by atoms with Gasteiger partial charge in [-0.25, -0.2) is 17.2 Å². The first kappa shape index (κ1) is 11.8. The zero-order valence-electron chi connectivity index (χ0n) is 7.78. The topological polar surface area (TPSA) is 51.2 Å². The third-order valence-electron chi connectivity index (χ3n) is 1.75. The van der Waals surface area contributed by atoms with Gasteiger partial charge in [-0.15, -0.1) is 0 Å². The Hall–Kier alpha value is -1.30. The van der Waals surface area contributed by atoms with Gasteiger partial charge in [0.1, 0.15) is 0 Å². The number of benzene rings is 1. The highest BCUT2D eigenvalue weighted by Crippen LogP contribution is 2.18. The van der Waals surface area contributed by atoms with E-state index in [0.717, 1.165) is 18.4 Å².